The Labute approximate surface area is 128 Å². The van der Waals surface area contributed by atoms with E-state index >= 15 is 0 Å². The second kappa shape index (κ2) is 8.67. The Kier molecular flexibility index (Phi) is 7.23. The van der Waals surface area contributed by atoms with Gasteiger partial charge in [-0.15, -0.1) is 0 Å². The molecular weight excluding hydrogens is 264 g/mol. The van der Waals surface area contributed by atoms with Gasteiger partial charge in [0.15, 0.2) is 0 Å². The van der Waals surface area contributed by atoms with Crippen LogP contribution in [0, 0.1) is 13.8 Å². The molecule has 118 valence electrons. The highest BCUT2D eigenvalue weighted by Gasteiger charge is 2.13. The maximum absolute atomic E-state index is 11.9. The van der Waals surface area contributed by atoms with Crippen molar-refractivity contribution in [2.24, 2.45) is 5.73 Å². The minimum Gasteiger partial charge on any atom is -0.493 e. The van der Waals surface area contributed by atoms with E-state index < -0.39 is 0 Å². The number of carbonyl (C=O) groups excluding carboxylic acids is 1. The van der Waals surface area contributed by atoms with Gasteiger partial charge in [-0.3, -0.25) is 4.79 Å². The van der Waals surface area contributed by atoms with Crippen molar-refractivity contribution in [3.8, 4) is 5.75 Å². The van der Waals surface area contributed by atoms with Crippen molar-refractivity contribution in [3.63, 3.8) is 0 Å². The average Bonchev–Trinajstić information content (AvgIpc) is 2.48. The second-order valence-corrected chi connectivity index (χ2v) is 5.66. The molecule has 1 amide bonds. The minimum absolute atomic E-state index is 0.101. The van der Waals surface area contributed by atoms with Gasteiger partial charge in [0.25, 0.3) is 0 Å². The van der Waals surface area contributed by atoms with Crippen molar-refractivity contribution in [2.75, 3.05) is 20.2 Å². The fraction of sp³-hybridized carbons (Fsp3) is 0.588. The summed E-state index contributed by atoms with van der Waals surface area (Å²) in [5.41, 5.74) is 7.91. The molecule has 4 heteroatoms. The third-order valence-electron chi connectivity index (χ3n) is 3.78. The molecule has 0 bridgehead atoms. The van der Waals surface area contributed by atoms with E-state index in [1.807, 2.05) is 20.9 Å². The third-order valence-corrected chi connectivity index (χ3v) is 3.78. The van der Waals surface area contributed by atoms with Gasteiger partial charge in [-0.1, -0.05) is 12.1 Å². The Morgan fingerprint density at radius 1 is 1.33 bits per heavy atom. The molecule has 0 spiro atoms. The van der Waals surface area contributed by atoms with Crippen molar-refractivity contribution in [3.05, 3.63) is 29.3 Å². The van der Waals surface area contributed by atoms with Crippen LogP contribution in [0.1, 0.15) is 37.3 Å². The predicted octanol–water partition coefficient (Wildman–Crippen LogP) is 2.66. The summed E-state index contributed by atoms with van der Waals surface area (Å²) < 4.78 is 5.78. The number of nitrogens with zero attached hydrogens (tertiary/aromatic N) is 1. The average molecular weight is 292 g/mol. The molecule has 1 aromatic carbocycles. The molecule has 0 radical (unpaired) electrons. The van der Waals surface area contributed by atoms with E-state index in [0.717, 1.165) is 24.2 Å². The van der Waals surface area contributed by atoms with Gasteiger partial charge in [-0.25, -0.2) is 0 Å². The Morgan fingerprint density at radius 3 is 2.71 bits per heavy atom. The lowest BCUT2D eigenvalue weighted by Crippen LogP contribution is -2.39. The molecule has 0 aliphatic heterocycles. The Bertz CT molecular complexity index is 460. The van der Waals surface area contributed by atoms with E-state index in [4.69, 9.17) is 10.5 Å². The Balaban J connectivity index is 2.26. The summed E-state index contributed by atoms with van der Waals surface area (Å²) in [6.45, 7) is 7.20. The quantitative estimate of drug-likeness (QED) is 0.749. The van der Waals surface area contributed by atoms with Crippen LogP contribution in [-0.4, -0.2) is 37.0 Å². The van der Waals surface area contributed by atoms with E-state index in [9.17, 15) is 4.79 Å². The molecule has 0 aromatic heterocycles. The molecule has 21 heavy (non-hydrogen) atoms. The number of carbonyl (C=O) groups is 1. The van der Waals surface area contributed by atoms with Crippen molar-refractivity contribution < 1.29 is 9.53 Å². The van der Waals surface area contributed by atoms with Crippen molar-refractivity contribution in [2.45, 2.75) is 46.1 Å². The van der Waals surface area contributed by atoms with Crippen molar-refractivity contribution in [1.29, 1.82) is 0 Å². The minimum atomic E-state index is 0.101. The van der Waals surface area contributed by atoms with Crippen LogP contribution in [0.15, 0.2) is 18.2 Å². The number of rotatable bonds is 8. The van der Waals surface area contributed by atoms with Crippen LogP contribution in [-0.2, 0) is 4.79 Å². The summed E-state index contributed by atoms with van der Waals surface area (Å²) in [5.74, 6) is 1.09. The second-order valence-electron chi connectivity index (χ2n) is 5.66. The smallest absolute Gasteiger partial charge is 0.222 e. The van der Waals surface area contributed by atoms with E-state index in [-0.39, 0.29) is 11.9 Å². The van der Waals surface area contributed by atoms with Gasteiger partial charge in [0.1, 0.15) is 5.75 Å². The molecule has 0 aliphatic carbocycles. The number of hydrogen-bond donors (Lipinski definition) is 1. The highest BCUT2D eigenvalue weighted by Crippen LogP contribution is 2.19. The summed E-state index contributed by atoms with van der Waals surface area (Å²) in [7, 11) is 1.81. The van der Waals surface area contributed by atoms with Gasteiger partial charge in [0.2, 0.25) is 5.91 Å². The largest absolute Gasteiger partial charge is 0.493 e. The van der Waals surface area contributed by atoms with Crippen LogP contribution in [0.2, 0.25) is 0 Å². The molecule has 0 saturated heterocycles. The maximum atomic E-state index is 11.9. The van der Waals surface area contributed by atoms with E-state index in [1.165, 1.54) is 5.56 Å². The zero-order chi connectivity index (χ0) is 15.8. The van der Waals surface area contributed by atoms with E-state index in [2.05, 4.69) is 25.1 Å². The number of benzene rings is 1. The monoisotopic (exact) mass is 292 g/mol. The molecular formula is C17H28N2O2. The number of amides is 1. The molecule has 1 atom stereocenters. The Morgan fingerprint density at radius 2 is 2.05 bits per heavy atom. The molecule has 0 saturated carbocycles. The van der Waals surface area contributed by atoms with Crippen molar-refractivity contribution in [1.82, 2.24) is 4.90 Å². The van der Waals surface area contributed by atoms with Crippen LogP contribution >= 0.6 is 0 Å². The lowest BCUT2D eigenvalue weighted by molar-refractivity contribution is -0.131. The first kappa shape index (κ1) is 17.5. The van der Waals surface area contributed by atoms with E-state index in [0.29, 0.717) is 19.6 Å². The molecule has 0 heterocycles. The Hall–Kier alpha value is -1.55. The topological polar surface area (TPSA) is 55.6 Å². The number of likely N-dealkylation sites (N-methyl/N-ethyl adjacent to an activating group) is 1. The van der Waals surface area contributed by atoms with E-state index in [1.54, 1.807) is 4.90 Å². The summed E-state index contributed by atoms with van der Waals surface area (Å²) in [4.78, 5) is 13.6. The fourth-order valence-electron chi connectivity index (χ4n) is 2.00. The van der Waals surface area contributed by atoms with Gasteiger partial charge in [-0.05, 0) is 50.8 Å². The number of aryl methyl sites for hydroxylation is 2. The molecule has 1 rings (SSSR count). The lowest BCUT2D eigenvalue weighted by atomic mass is 10.1. The molecule has 1 aromatic rings. The zero-order valence-corrected chi connectivity index (χ0v) is 13.7. The van der Waals surface area contributed by atoms with Gasteiger partial charge in [0.05, 0.1) is 6.61 Å². The van der Waals surface area contributed by atoms with Crippen LogP contribution in [0.4, 0.5) is 0 Å². The first-order valence-corrected chi connectivity index (χ1v) is 7.61. The predicted molar refractivity (Wildman–Crippen MR) is 86.5 cm³/mol. The van der Waals surface area contributed by atoms with Gasteiger partial charge in [0, 0.05) is 26.1 Å². The van der Waals surface area contributed by atoms with Gasteiger partial charge < -0.3 is 15.4 Å². The summed E-state index contributed by atoms with van der Waals surface area (Å²) in [5, 5.41) is 0. The number of hydrogen-bond acceptors (Lipinski definition) is 3. The SMILES string of the molecule is Cc1ccc(C)c(OCCCCC(=O)N(C)C(C)CN)c1. The van der Waals surface area contributed by atoms with Crippen molar-refractivity contribution >= 4 is 5.91 Å². The van der Waals surface area contributed by atoms with Crippen LogP contribution < -0.4 is 10.5 Å². The highest BCUT2D eigenvalue weighted by molar-refractivity contribution is 5.76. The lowest BCUT2D eigenvalue weighted by Gasteiger charge is -2.23. The number of ether oxygens (including phenoxy) is 1. The third kappa shape index (κ3) is 5.76. The molecule has 2 N–H and O–H groups in total. The number of nitrogens with two attached hydrogens (primary N) is 1. The molecule has 0 fully saturated rings. The first-order chi connectivity index (χ1) is 9.95. The zero-order valence-electron chi connectivity index (χ0n) is 13.7. The van der Waals surface area contributed by atoms with Gasteiger partial charge in [-0.2, -0.15) is 0 Å². The van der Waals surface area contributed by atoms with Gasteiger partial charge >= 0.3 is 0 Å². The summed E-state index contributed by atoms with van der Waals surface area (Å²) in [6.07, 6.45) is 2.27. The molecule has 0 aliphatic rings. The fourth-order valence-corrected chi connectivity index (χ4v) is 2.00. The standard InChI is InChI=1S/C17H28N2O2/c1-13-8-9-14(2)16(11-13)21-10-6-5-7-17(20)19(4)15(3)12-18/h8-9,11,15H,5-7,10,12,18H2,1-4H3. The maximum Gasteiger partial charge on any atom is 0.222 e. The first-order valence-electron chi connectivity index (χ1n) is 7.61. The molecule has 4 nitrogen and oxygen atoms in total. The van der Waals surface area contributed by atoms with Crippen LogP contribution in [0.25, 0.3) is 0 Å². The highest BCUT2D eigenvalue weighted by atomic mass is 16.5. The van der Waals surface area contributed by atoms with Crippen LogP contribution in [0.3, 0.4) is 0 Å². The summed E-state index contributed by atoms with van der Waals surface area (Å²) in [6, 6.07) is 6.30. The molecule has 1 unspecified atom stereocenters. The number of unbranched alkanes of at least 4 members (excludes halogenated alkanes) is 1. The normalized spacial score (nSPS) is 12.0. The summed E-state index contributed by atoms with van der Waals surface area (Å²) >= 11 is 0. The van der Waals surface area contributed by atoms with Crippen LogP contribution in [0.5, 0.6) is 5.75 Å².